The standard InChI is InChI=1S/C28H50N6O5/c1-8-23(2)29-10-16-37-18-20-39-22-21-38-19-17-36-15-9-24(3)33-11-13-34(14-12-33)28-30-27(25(4)31(28)6)32(7)26(5)35/h8,29H,3,9-22H2,1-2,4-7H3/b23-8+. The zero-order chi connectivity index (χ0) is 28.6. The van der Waals surface area contributed by atoms with Crippen LogP contribution < -0.4 is 15.1 Å². The second-order valence-electron chi connectivity index (χ2n) is 9.60. The number of allylic oxidation sites excluding steroid dienone is 2. The molecule has 0 atom stereocenters. The van der Waals surface area contributed by atoms with E-state index >= 15 is 0 Å². The van der Waals surface area contributed by atoms with Crippen molar-refractivity contribution < 1.29 is 23.7 Å². The third-order valence-corrected chi connectivity index (χ3v) is 6.87. The molecule has 1 aromatic rings. The number of ether oxygens (including phenoxy) is 4. The van der Waals surface area contributed by atoms with Gasteiger partial charge in [-0.15, -0.1) is 0 Å². The monoisotopic (exact) mass is 550 g/mol. The molecule has 2 rings (SSSR count). The molecular weight excluding hydrogens is 500 g/mol. The first-order valence-electron chi connectivity index (χ1n) is 13.9. The van der Waals surface area contributed by atoms with Gasteiger partial charge in [-0.1, -0.05) is 12.7 Å². The van der Waals surface area contributed by atoms with E-state index in [2.05, 4.69) is 26.3 Å². The first-order chi connectivity index (χ1) is 18.8. The van der Waals surface area contributed by atoms with Crippen molar-refractivity contribution in [1.29, 1.82) is 0 Å². The van der Waals surface area contributed by atoms with E-state index in [1.165, 1.54) is 0 Å². The number of nitrogens with zero attached hydrogens (tertiary/aromatic N) is 5. The summed E-state index contributed by atoms with van der Waals surface area (Å²) in [6.45, 7) is 20.7. The molecule has 11 heteroatoms. The van der Waals surface area contributed by atoms with Gasteiger partial charge in [-0.3, -0.25) is 9.69 Å². The number of hydrogen-bond acceptors (Lipinski definition) is 9. The molecule has 0 aromatic carbocycles. The molecule has 1 aliphatic heterocycles. The average Bonchev–Trinajstić information content (AvgIpc) is 3.23. The zero-order valence-corrected chi connectivity index (χ0v) is 25.0. The van der Waals surface area contributed by atoms with Gasteiger partial charge in [0.15, 0.2) is 5.82 Å². The van der Waals surface area contributed by atoms with Crippen LogP contribution in [0.25, 0.3) is 0 Å². The van der Waals surface area contributed by atoms with Gasteiger partial charge in [0.25, 0.3) is 0 Å². The number of imidazole rings is 1. The number of rotatable bonds is 19. The lowest BCUT2D eigenvalue weighted by molar-refractivity contribution is -0.116. The van der Waals surface area contributed by atoms with Gasteiger partial charge in [-0.05, 0) is 20.8 Å². The molecule has 1 aliphatic rings. The number of amides is 1. The summed E-state index contributed by atoms with van der Waals surface area (Å²) in [4.78, 5) is 22.7. The van der Waals surface area contributed by atoms with Gasteiger partial charge in [-0.2, -0.15) is 4.98 Å². The summed E-state index contributed by atoms with van der Waals surface area (Å²) < 4.78 is 24.4. The second kappa shape index (κ2) is 17.9. The van der Waals surface area contributed by atoms with E-state index < -0.39 is 0 Å². The predicted octanol–water partition coefficient (Wildman–Crippen LogP) is 2.32. The van der Waals surface area contributed by atoms with Gasteiger partial charge < -0.3 is 38.6 Å². The molecular formula is C28H50N6O5. The summed E-state index contributed by atoms with van der Waals surface area (Å²) in [6.07, 6.45) is 2.83. The molecule has 1 N–H and O–H groups in total. The molecule has 1 aromatic heterocycles. The minimum absolute atomic E-state index is 0.0249. The highest BCUT2D eigenvalue weighted by Gasteiger charge is 2.24. The highest BCUT2D eigenvalue weighted by atomic mass is 16.6. The van der Waals surface area contributed by atoms with Crippen LogP contribution in [0.2, 0.25) is 0 Å². The summed E-state index contributed by atoms with van der Waals surface area (Å²) in [5.41, 5.74) is 3.22. The van der Waals surface area contributed by atoms with E-state index in [0.717, 1.165) is 62.2 Å². The number of anilines is 2. The lowest BCUT2D eigenvalue weighted by Gasteiger charge is -2.37. The van der Waals surface area contributed by atoms with E-state index in [9.17, 15) is 4.79 Å². The fraction of sp³-hybridized carbons (Fsp3) is 0.714. The van der Waals surface area contributed by atoms with E-state index in [0.29, 0.717) is 58.7 Å². The topological polar surface area (TPSA) is 93.6 Å². The van der Waals surface area contributed by atoms with Crippen LogP contribution >= 0.6 is 0 Å². The molecule has 0 spiro atoms. The number of nitrogens with one attached hydrogen (secondary N) is 1. The molecule has 0 saturated carbocycles. The molecule has 1 fully saturated rings. The van der Waals surface area contributed by atoms with Gasteiger partial charge in [-0.25, -0.2) is 0 Å². The number of hydrogen-bond donors (Lipinski definition) is 1. The van der Waals surface area contributed by atoms with Crippen LogP contribution in [0.4, 0.5) is 11.8 Å². The van der Waals surface area contributed by atoms with Crippen molar-refractivity contribution in [3.63, 3.8) is 0 Å². The fourth-order valence-corrected chi connectivity index (χ4v) is 4.06. The SMILES string of the molecule is C=C(CCOCCOCCOCCOCCN/C(C)=C/C)N1CCN(c2nc(N(C)C(C)=O)c(C)n2C)CC1. The molecule has 0 unspecified atom stereocenters. The lowest BCUT2D eigenvalue weighted by atomic mass is 10.2. The Labute approximate surface area is 234 Å². The predicted molar refractivity (Wildman–Crippen MR) is 155 cm³/mol. The number of piperazine rings is 1. The van der Waals surface area contributed by atoms with Crippen LogP contribution in [0.1, 0.15) is 32.9 Å². The van der Waals surface area contributed by atoms with Crippen LogP contribution in [-0.4, -0.2) is 113 Å². The van der Waals surface area contributed by atoms with E-state index in [-0.39, 0.29) is 5.91 Å². The largest absolute Gasteiger partial charge is 0.387 e. The van der Waals surface area contributed by atoms with Crippen LogP contribution in [0.15, 0.2) is 24.0 Å². The van der Waals surface area contributed by atoms with Crippen molar-refractivity contribution in [2.24, 2.45) is 7.05 Å². The van der Waals surface area contributed by atoms with Crippen molar-refractivity contribution in [2.45, 2.75) is 34.1 Å². The molecule has 1 saturated heterocycles. The molecule has 0 aliphatic carbocycles. The molecule has 1 amide bonds. The van der Waals surface area contributed by atoms with Crippen molar-refractivity contribution >= 4 is 17.7 Å². The Morgan fingerprint density at radius 1 is 0.974 bits per heavy atom. The van der Waals surface area contributed by atoms with Crippen LogP contribution in [0.5, 0.6) is 0 Å². The van der Waals surface area contributed by atoms with E-state index in [1.54, 1.807) is 18.9 Å². The van der Waals surface area contributed by atoms with Crippen LogP contribution in [0.3, 0.4) is 0 Å². The van der Waals surface area contributed by atoms with E-state index in [4.69, 9.17) is 23.9 Å². The molecule has 2 heterocycles. The molecule has 0 radical (unpaired) electrons. The molecule has 11 nitrogen and oxygen atoms in total. The van der Waals surface area contributed by atoms with Gasteiger partial charge in [0, 0.05) is 71.6 Å². The summed E-state index contributed by atoms with van der Waals surface area (Å²) in [6, 6.07) is 0. The van der Waals surface area contributed by atoms with Gasteiger partial charge in [0.05, 0.1) is 58.5 Å². The summed E-state index contributed by atoms with van der Waals surface area (Å²) in [7, 11) is 3.76. The maximum Gasteiger partial charge on any atom is 0.224 e. The minimum Gasteiger partial charge on any atom is -0.387 e. The second-order valence-corrected chi connectivity index (χ2v) is 9.60. The Morgan fingerprint density at radius 3 is 2.05 bits per heavy atom. The molecule has 39 heavy (non-hydrogen) atoms. The highest BCUT2D eigenvalue weighted by molar-refractivity contribution is 5.90. The highest BCUT2D eigenvalue weighted by Crippen LogP contribution is 2.25. The quantitative estimate of drug-likeness (QED) is 0.261. The number of aromatic nitrogens is 2. The van der Waals surface area contributed by atoms with Crippen LogP contribution in [0, 0.1) is 6.92 Å². The Morgan fingerprint density at radius 2 is 1.51 bits per heavy atom. The Kier molecular flexibility index (Phi) is 15.0. The maximum atomic E-state index is 11.8. The van der Waals surface area contributed by atoms with Gasteiger partial charge >= 0.3 is 0 Å². The smallest absolute Gasteiger partial charge is 0.224 e. The Bertz CT molecular complexity index is 911. The maximum absolute atomic E-state index is 11.8. The van der Waals surface area contributed by atoms with Crippen molar-refractivity contribution in [2.75, 3.05) is 102 Å². The average molecular weight is 551 g/mol. The van der Waals surface area contributed by atoms with Crippen molar-refractivity contribution in [1.82, 2.24) is 19.8 Å². The lowest BCUT2D eigenvalue weighted by Crippen LogP contribution is -2.46. The Balaban J connectivity index is 1.48. The molecule has 222 valence electrons. The normalized spacial score (nSPS) is 14.2. The number of carbonyl (C=O) groups is 1. The first-order valence-corrected chi connectivity index (χ1v) is 13.9. The third kappa shape index (κ3) is 11.2. The third-order valence-electron chi connectivity index (χ3n) is 6.87. The number of carbonyl (C=O) groups excluding carboxylic acids is 1. The van der Waals surface area contributed by atoms with E-state index in [1.807, 2.05) is 33.9 Å². The first kappa shape index (κ1) is 32.6. The Hall–Kier alpha value is -2.60. The molecule has 0 bridgehead atoms. The van der Waals surface area contributed by atoms with Gasteiger partial charge in [0.1, 0.15) is 0 Å². The van der Waals surface area contributed by atoms with Crippen molar-refractivity contribution in [3.8, 4) is 0 Å². The summed E-state index contributed by atoms with van der Waals surface area (Å²) in [5, 5.41) is 3.25. The fourth-order valence-electron chi connectivity index (χ4n) is 4.06. The summed E-state index contributed by atoms with van der Waals surface area (Å²) in [5.74, 6) is 1.58. The zero-order valence-electron chi connectivity index (χ0n) is 25.0. The van der Waals surface area contributed by atoms with Crippen LogP contribution in [-0.2, 0) is 30.8 Å². The summed E-state index contributed by atoms with van der Waals surface area (Å²) >= 11 is 0. The minimum atomic E-state index is -0.0249. The van der Waals surface area contributed by atoms with Gasteiger partial charge in [0.2, 0.25) is 11.9 Å². The van der Waals surface area contributed by atoms with Crippen molar-refractivity contribution in [3.05, 3.63) is 29.7 Å².